The van der Waals surface area contributed by atoms with Gasteiger partial charge in [0.2, 0.25) is 12.2 Å². The fourth-order valence-corrected chi connectivity index (χ4v) is 2.75. The van der Waals surface area contributed by atoms with E-state index in [1.54, 1.807) is 30.3 Å². The summed E-state index contributed by atoms with van der Waals surface area (Å²) < 4.78 is 20.5. The maximum Gasteiger partial charge on any atom is 0.223 e. The minimum absolute atomic E-state index is 0.176. The first kappa shape index (κ1) is 19.9. The van der Waals surface area contributed by atoms with Crippen molar-refractivity contribution in [2.45, 2.75) is 37.6 Å². The minimum atomic E-state index is -1.33. The zero-order valence-corrected chi connectivity index (χ0v) is 14.0. The molecule has 1 fully saturated rings. The minimum Gasteiger partial charge on any atom is -0.691 e. The Morgan fingerprint density at radius 2 is 2.12 bits per heavy atom. The Morgan fingerprint density at radius 1 is 1.40 bits per heavy atom. The molecule has 140 valence electrons. The molecule has 0 spiro atoms. The summed E-state index contributed by atoms with van der Waals surface area (Å²) in [6.07, 6.45) is -4.58. The van der Waals surface area contributed by atoms with Gasteiger partial charge in [0.1, 0.15) is 30.1 Å². The molecule has 0 bridgehead atoms. The van der Waals surface area contributed by atoms with Crippen LogP contribution in [0.25, 0.3) is 0 Å². The molecule has 3 N–H and O–H groups in total. The molecular weight excluding hydrogens is 358 g/mol. The Kier molecular flexibility index (Phi) is 7.87. The van der Waals surface area contributed by atoms with Crippen molar-refractivity contribution in [1.82, 2.24) is 5.32 Å². The molecule has 0 saturated carbocycles. The number of benzene rings is 1. The second-order valence-corrected chi connectivity index (χ2v) is 5.60. The molecule has 2 unspecified atom stereocenters. The van der Waals surface area contributed by atoms with Crippen LogP contribution < -0.4 is 15.3 Å². The van der Waals surface area contributed by atoms with Crippen LogP contribution >= 0.6 is 12.3 Å². The molecule has 25 heavy (non-hydrogen) atoms. The summed E-state index contributed by atoms with van der Waals surface area (Å²) in [6, 6.07) is 7.67. The fraction of sp³-hybridized carbons (Fsp3) is 0.500. The summed E-state index contributed by atoms with van der Waals surface area (Å²) in [4.78, 5) is 11.5. The van der Waals surface area contributed by atoms with Crippen molar-refractivity contribution in [3.63, 3.8) is 0 Å². The van der Waals surface area contributed by atoms with Crippen LogP contribution in [-0.4, -0.2) is 53.4 Å². The van der Waals surface area contributed by atoms with Gasteiger partial charge >= 0.3 is 0 Å². The lowest BCUT2D eigenvalue weighted by molar-refractivity contribution is -0.777. The van der Waals surface area contributed by atoms with E-state index in [4.69, 9.17) is 13.7 Å². The van der Waals surface area contributed by atoms with Crippen molar-refractivity contribution < 1.29 is 43.3 Å². The monoisotopic (exact) mass is 376 g/mol. The number of carbonyl (C=O) groups excluding carboxylic acids is 1. The molecular formula is C14H18NO9S-. The van der Waals surface area contributed by atoms with E-state index in [1.807, 2.05) is 0 Å². The standard InChI is InChI=1S/C14H19NO9S/c1-8(17)15-11-13(22-25-24-23-19)12(18)10(7-16)21-14(11)20-9-5-3-2-4-6-9/h2-6,10-14,16,18-19H,7H2,1H3,(H,15,17)/p-1/t10?,11?,12-,13+,14+/m0/s1. The molecule has 1 heterocycles. The summed E-state index contributed by atoms with van der Waals surface area (Å²) in [5.74, 6) is 0.0194. The van der Waals surface area contributed by atoms with Gasteiger partial charge < -0.3 is 30.3 Å². The van der Waals surface area contributed by atoms with Gasteiger partial charge in [0, 0.05) is 6.92 Å². The predicted octanol–water partition coefficient (Wildman–Crippen LogP) is -1.18. The van der Waals surface area contributed by atoms with Gasteiger partial charge in [-0.25, -0.2) is 0 Å². The second-order valence-electron chi connectivity index (χ2n) is 5.14. The van der Waals surface area contributed by atoms with Crippen LogP contribution in [0.5, 0.6) is 5.75 Å². The fourth-order valence-electron chi connectivity index (χ4n) is 2.38. The highest BCUT2D eigenvalue weighted by Crippen LogP contribution is 2.28. The van der Waals surface area contributed by atoms with Crippen molar-refractivity contribution in [3.05, 3.63) is 30.3 Å². The van der Waals surface area contributed by atoms with Crippen LogP contribution in [-0.2, 0) is 23.1 Å². The first-order valence-electron chi connectivity index (χ1n) is 7.28. The Hall–Kier alpha value is -1.44. The number of amides is 1. The molecule has 1 aromatic carbocycles. The zero-order chi connectivity index (χ0) is 18.2. The quantitative estimate of drug-likeness (QED) is 0.220. The highest BCUT2D eigenvalue weighted by molar-refractivity contribution is 7.89. The van der Waals surface area contributed by atoms with Gasteiger partial charge in [0.15, 0.2) is 12.3 Å². The van der Waals surface area contributed by atoms with Crippen LogP contribution in [0.4, 0.5) is 0 Å². The van der Waals surface area contributed by atoms with Crippen LogP contribution in [0.15, 0.2) is 30.3 Å². The van der Waals surface area contributed by atoms with E-state index in [-0.39, 0.29) is 12.3 Å². The number of aliphatic hydroxyl groups excluding tert-OH is 2. The van der Waals surface area contributed by atoms with Gasteiger partial charge in [0.05, 0.1) is 6.61 Å². The molecule has 1 aliphatic heterocycles. The maximum absolute atomic E-state index is 11.5. The van der Waals surface area contributed by atoms with Crippen LogP contribution in [0, 0.1) is 0 Å². The van der Waals surface area contributed by atoms with E-state index in [1.165, 1.54) is 6.92 Å². The molecule has 5 atom stereocenters. The van der Waals surface area contributed by atoms with Crippen LogP contribution in [0.1, 0.15) is 6.92 Å². The van der Waals surface area contributed by atoms with Gasteiger partial charge in [-0.15, -0.1) is 4.33 Å². The first-order chi connectivity index (χ1) is 12.1. The van der Waals surface area contributed by atoms with E-state index in [0.717, 1.165) is 0 Å². The third kappa shape index (κ3) is 5.52. The van der Waals surface area contributed by atoms with Gasteiger partial charge in [-0.05, 0) is 12.1 Å². The van der Waals surface area contributed by atoms with Crippen molar-refractivity contribution in [2.75, 3.05) is 6.61 Å². The number of aliphatic hydroxyl groups is 2. The highest BCUT2D eigenvalue weighted by Gasteiger charge is 2.48. The number of para-hydroxylation sites is 1. The highest BCUT2D eigenvalue weighted by atomic mass is 32.2. The summed E-state index contributed by atoms with van der Waals surface area (Å²) in [6.45, 7) is 0.748. The Balaban J connectivity index is 2.21. The molecule has 0 radical (unpaired) electrons. The average Bonchev–Trinajstić information content (AvgIpc) is 2.60. The molecule has 2 rings (SSSR count). The molecule has 0 aromatic heterocycles. The normalized spacial score (nSPS) is 29.2. The SMILES string of the molecule is CC(=O)NC1[C@H](Oc2ccccc2)OC(CO)[C@H](O)[C@@H]1OSOO[O-]. The molecule has 1 saturated heterocycles. The van der Waals surface area contributed by atoms with E-state index in [9.17, 15) is 20.3 Å². The maximum atomic E-state index is 11.5. The molecule has 11 heteroatoms. The van der Waals surface area contributed by atoms with Crippen molar-refractivity contribution >= 4 is 18.2 Å². The van der Waals surface area contributed by atoms with E-state index >= 15 is 0 Å². The Labute approximate surface area is 147 Å². The number of ether oxygens (including phenoxy) is 2. The third-order valence-electron chi connectivity index (χ3n) is 3.42. The molecule has 0 aliphatic carbocycles. The van der Waals surface area contributed by atoms with Crippen LogP contribution in [0.3, 0.4) is 0 Å². The lowest BCUT2D eigenvalue weighted by Gasteiger charge is -2.43. The summed E-state index contributed by atoms with van der Waals surface area (Å²) in [7, 11) is 0. The topological polar surface area (TPSA) is 139 Å². The number of nitrogens with one attached hydrogen (secondary N) is 1. The van der Waals surface area contributed by atoms with Crippen LogP contribution in [0.2, 0.25) is 0 Å². The van der Waals surface area contributed by atoms with Gasteiger partial charge in [-0.1, -0.05) is 18.2 Å². The second kappa shape index (κ2) is 9.89. The number of hydrogen-bond acceptors (Lipinski definition) is 10. The number of carbonyl (C=O) groups is 1. The van der Waals surface area contributed by atoms with Gasteiger partial charge in [-0.3, -0.25) is 14.0 Å². The largest absolute Gasteiger partial charge is 0.691 e. The van der Waals surface area contributed by atoms with E-state index < -0.39 is 43.2 Å². The molecule has 1 aliphatic rings. The summed E-state index contributed by atoms with van der Waals surface area (Å²) in [5, 5.41) is 35.3. The first-order valence-corrected chi connectivity index (χ1v) is 7.95. The lowest BCUT2D eigenvalue weighted by atomic mass is 9.97. The summed E-state index contributed by atoms with van der Waals surface area (Å²) in [5.41, 5.74) is 0. The Bertz CT molecular complexity index is 534. The number of hydrogen-bond donors (Lipinski definition) is 3. The van der Waals surface area contributed by atoms with Crippen molar-refractivity contribution in [2.24, 2.45) is 0 Å². The smallest absolute Gasteiger partial charge is 0.223 e. The number of rotatable bonds is 8. The molecule has 10 nitrogen and oxygen atoms in total. The third-order valence-corrected chi connectivity index (χ3v) is 3.84. The van der Waals surface area contributed by atoms with E-state index in [0.29, 0.717) is 5.75 Å². The van der Waals surface area contributed by atoms with Crippen molar-refractivity contribution in [3.8, 4) is 5.75 Å². The Morgan fingerprint density at radius 3 is 2.72 bits per heavy atom. The van der Waals surface area contributed by atoms with Gasteiger partial charge in [0.25, 0.3) is 0 Å². The lowest BCUT2D eigenvalue weighted by Crippen LogP contribution is -2.65. The summed E-state index contributed by atoms with van der Waals surface area (Å²) >= 11 is 0.176. The van der Waals surface area contributed by atoms with E-state index in [2.05, 4.69) is 14.7 Å². The van der Waals surface area contributed by atoms with Crippen molar-refractivity contribution in [1.29, 1.82) is 0 Å². The average molecular weight is 376 g/mol. The van der Waals surface area contributed by atoms with Gasteiger partial charge in [-0.2, -0.15) is 0 Å². The molecule has 1 amide bonds. The molecule has 1 aromatic rings. The zero-order valence-electron chi connectivity index (χ0n) is 13.1. The predicted molar refractivity (Wildman–Crippen MR) is 81.1 cm³/mol.